The highest BCUT2D eigenvalue weighted by atomic mass is 32.1. The highest BCUT2D eigenvalue weighted by molar-refractivity contribution is 7.09. The molecule has 0 spiro atoms. The Morgan fingerprint density at radius 3 is 3.00 bits per heavy atom. The quantitative estimate of drug-likeness (QED) is 0.738. The molecule has 1 unspecified atom stereocenters. The van der Waals surface area contributed by atoms with Crippen molar-refractivity contribution in [1.29, 1.82) is 0 Å². The third-order valence-corrected chi connectivity index (χ3v) is 2.95. The Morgan fingerprint density at radius 2 is 2.44 bits per heavy atom. The van der Waals surface area contributed by atoms with Gasteiger partial charge in [0.15, 0.2) is 0 Å². The summed E-state index contributed by atoms with van der Waals surface area (Å²) < 4.78 is 0. The van der Waals surface area contributed by atoms with Crippen molar-refractivity contribution in [3.63, 3.8) is 0 Å². The molecule has 0 radical (unpaired) electrons. The Bertz CT molecular complexity index is 336. The molecule has 4 nitrogen and oxygen atoms in total. The standard InChI is InChI=1S/C11H18N2O2S/c1-8(14)4-3-5-12-11(15)6-10-7-16-9(2)13-10/h7-8,14H,3-6H2,1-2H3,(H,12,15). The van der Waals surface area contributed by atoms with Crippen LogP contribution in [-0.2, 0) is 11.2 Å². The number of carbonyl (C=O) groups is 1. The first-order valence-electron chi connectivity index (χ1n) is 5.43. The van der Waals surface area contributed by atoms with E-state index in [4.69, 9.17) is 5.11 Å². The van der Waals surface area contributed by atoms with E-state index in [9.17, 15) is 4.79 Å². The number of nitrogens with one attached hydrogen (secondary N) is 1. The Hall–Kier alpha value is -0.940. The van der Waals surface area contributed by atoms with Gasteiger partial charge in [0.25, 0.3) is 0 Å². The fourth-order valence-electron chi connectivity index (χ4n) is 1.34. The zero-order valence-corrected chi connectivity index (χ0v) is 10.5. The molecule has 0 fully saturated rings. The summed E-state index contributed by atoms with van der Waals surface area (Å²) in [6.45, 7) is 4.29. The van der Waals surface area contributed by atoms with Gasteiger partial charge in [0, 0.05) is 11.9 Å². The Morgan fingerprint density at radius 1 is 1.69 bits per heavy atom. The van der Waals surface area contributed by atoms with Crippen LogP contribution in [0.3, 0.4) is 0 Å². The lowest BCUT2D eigenvalue weighted by Crippen LogP contribution is -2.26. The molecule has 0 aromatic carbocycles. The van der Waals surface area contributed by atoms with E-state index in [2.05, 4.69) is 10.3 Å². The Balaban J connectivity index is 2.16. The summed E-state index contributed by atoms with van der Waals surface area (Å²) in [5, 5.41) is 14.7. The summed E-state index contributed by atoms with van der Waals surface area (Å²) in [6.07, 6.45) is 1.58. The number of carbonyl (C=O) groups excluding carboxylic acids is 1. The molecule has 1 heterocycles. The number of thiazole rings is 1. The second kappa shape index (κ2) is 6.60. The van der Waals surface area contributed by atoms with Crippen LogP contribution in [0, 0.1) is 6.92 Å². The van der Waals surface area contributed by atoms with Gasteiger partial charge in [-0.25, -0.2) is 4.98 Å². The minimum atomic E-state index is -0.293. The van der Waals surface area contributed by atoms with Crippen LogP contribution in [0.5, 0.6) is 0 Å². The predicted molar refractivity (Wildman–Crippen MR) is 64.5 cm³/mol. The topological polar surface area (TPSA) is 62.2 Å². The number of rotatable bonds is 6. The van der Waals surface area contributed by atoms with Crippen LogP contribution < -0.4 is 5.32 Å². The van der Waals surface area contributed by atoms with E-state index < -0.39 is 0 Å². The van der Waals surface area contributed by atoms with Crippen molar-refractivity contribution in [2.75, 3.05) is 6.54 Å². The van der Waals surface area contributed by atoms with Gasteiger partial charge in [-0.15, -0.1) is 11.3 Å². The molecule has 0 saturated carbocycles. The van der Waals surface area contributed by atoms with Gasteiger partial charge in [-0.2, -0.15) is 0 Å². The van der Waals surface area contributed by atoms with Gasteiger partial charge in [0.1, 0.15) is 0 Å². The van der Waals surface area contributed by atoms with Gasteiger partial charge in [0.05, 0.1) is 23.2 Å². The molecule has 1 aromatic rings. The van der Waals surface area contributed by atoms with Crippen LogP contribution in [0.2, 0.25) is 0 Å². The number of nitrogens with zero attached hydrogens (tertiary/aromatic N) is 1. The fourth-order valence-corrected chi connectivity index (χ4v) is 1.95. The van der Waals surface area contributed by atoms with E-state index in [0.717, 1.165) is 23.5 Å². The minimum Gasteiger partial charge on any atom is -0.393 e. The molecule has 0 saturated heterocycles. The molecule has 1 rings (SSSR count). The fraction of sp³-hybridized carbons (Fsp3) is 0.636. The van der Waals surface area contributed by atoms with Crippen molar-refractivity contribution in [2.45, 2.75) is 39.2 Å². The maximum absolute atomic E-state index is 11.5. The number of amides is 1. The summed E-state index contributed by atoms with van der Waals surface area (Å²) >= 11 is 1.55. The normalized spacial score (nSPS) is 12.4. The maximum atomic E-state index is 11.5. The van der Waals surface area contributed by atoms with Gasteiger partial charge >= 0.3 is 0 Å². The lowest BCUT2D eigenvalue weighted by atomic mass is 10.2. The molecular formula is C11H18N2O2S. The van der Waals surface area contributed by atoms with Crippen molar-refractivity contribution in [1.82, 2.24) is 10.3 Å². The van der Waals surface area contributed by atoms with Gasteiger partial charge in [-0.1, -0.05) is 0 Å². The van der Waals surface area contributed by atoms with Crippen LogP contribution in [0.1, 0.15) is 30.5 Å². The van der Waals surface area contributed by atoms with Gasteiger partial charge in [-0.3, -0.25) is 4.79 Å². The second-order valence-electron chi connectivity index (χ2n) is 3.88. The number of hydrogen-bond donors (Lipinski definition) is 2. The van der Waals surface area contributed by atoms with Crippen molar-refractivity contribution in [3.05, 3.63) is 16.1 Å². The minimum absolute atomic E-state index is 0.00380. The largest absolute Gasteiger partial charge is 0.393 e. The molecule has 0 aliphatic rings. The number of hydrogen-bond acceptors (Lipinski definition) is 4. The van der Waals surface area contributed by atoms with E-state index in [0.29, 0.717) is 13.0 Å². The average molecular weight is 242 g/mol. The average Bonchev–Trinajstić information content (AvgIpc) is 2.58. The third-order valence-electron chi connectivity index (χ3n) is 2.13. The van der Waals surface area contributed by atoms with Crippen molar-refractivity contribution >= 4 is 17.2 Å². The molecule has 0 bridgehead atoms. The first-order valence-corrected chi connectivity index (χ1v) is 6.31. The Labute approximate surface area is 99.7 Å². The van der Waals surface area contributed by atoms with Gasteiger partial charge in [0.2, 0.25) is 5.91 Å². The van der Waals surface area contributed by atoms with E-state index in [1.807, 2.05) is 12.3 Å². The highest BCUT2D eigenvalue weighted by Crippen LogP contribution is 2.08. The summed E-state index contributed by atoms with van der Waals surface area (Å²) in [4.78, 5) is 15.7. The van der Waals surface area contributed by atoms with Crippen LogP contribution in [0.15, 0.2) is 5.38 Å². The summed E-state index contributed by atoms with van der Waals surface area (Å²) in [6, 6.07) is 0. The van der Waals surface area contributed by atoms with E-state index in [-0.39, 0.29) is 12.0 Å². The lowest BCUT2D eigenvalue weighted by molar-refractivity contribution is -0.120. The Kier molecular flexibility index (Phi) is 5.42. The number of aryl methyl sites for hydroxylation is 1. The monoisotopic (exact) mass is 242 g/mol. The molecule has 90 valence electrons. The summed E-state index contributed by atoms with van der Waals surface area (Å²) in [5.74, 6) is -0.00380. The molecule has 1 atom stereocenters. The number of aliphatic hydroxyl groups excluding tert-OH is 1. The molecule has 1 aromatic heterocycles. The SMILES string of the molecule is Cc1nc(CC(=O)NCCCC(C)O)cs1. The molecular weight excluding hydrogens is 224 g/mol. The predicted octanol–water partition coefficient (Wildman–Crippen LogP) is 1.27. The van der Waals surface area contributed by atoms with Gasteiger partial charge in [-0.05, 0) is 26.7 Å². The zero-order valence-electron chi connectivity index (χ0n) is 9.69. The van der Waals surface area contributed by atoms with E-state index in [1.165, 1.54) is 0 Å². The van der Waals surface area contributed by atoms with Crippen molar-refractivity contribution in [3.8, 4) is 0 Å². The molecule has 2 N–H and O–H groups in total. The highest BCUT2D eigenvalue weighted by Gasteiger charge is 2.05. The number of aromatic nitrogens is 1. The first-order chi connectivity index (χ1) is 7.58. The molecule has 16 heavy (non-hydrogen) atoms. The molecule has 0 aliphatic carbocycles. The van der Waals surface area contributed by atoms with E-state index >= 15 is 0 Å². The number of aliphatic hydroxyl groups is 1. The van der Waals surface area contributed by atoms with Crippen LogP contribution in [0.25, 0.3) is 0 Å². The van der Waals surface area contributed by atoms with Crippen LogP contribution >= 0.6 is 11.3 Å². The maximum Gasteiger partial charge on any atom is 0.226 e. The smallest absolute Gasteiger partial charge is 0.226 e. The van der Waals surface area contributed by atoms with Crippen molar-refractivity contribution in [2.24, 2.45) is 0 Å². The zero-order chi connectivity index (χ0) is 12.0. The van der Waals surface area contributed by atoms with E-state index in [1.54, 1.807) is 18.3 Å². The first kappa shape index (κ1) is 13.1. The van der Waals surface area contributed by atoms with Crippen molar-refractivity contribution < 1.29 is 9.90 Å². The van der Waals surface area contributed by atoms with Crippen LogP contribution in [0.4, 0.5) is 0 Å². The second-order valence-corrected chi connectivity index (χ2v) is 4.94. The lowest BCUT2D eigenvalue weighted by Gasteiger charge is -2.05. The molecule has 1 amide bonds. The third kappa shape index (κ3) is 5.23. The van der Waals surface area contributed by atoms with Gasteiger partial charge < -0.3 is 10.4 Å². The molecule has 5 heteroatoms. The summed E-state index contributed by atoms with van der Waals surface area (Å²) in [5.41, 5.74) is 0.829. The van der Waals surface area contributed by atoms with Crippen LogP contribution in [-0.4, -0.2) is 28.6 Å². The molecule has 0 aliphatic heterocycles. The summed E-state index contributed by atoms with van der Waals surface area (Å²) in [7, 11) is 0.